The van der Waals surface area contributed by atoms with E-state index in [1.54, 1.807) is 18.3 Å². The summed E-state index contributed by atoms with van der Waals surface area (Å²) >= 11 is 0. The fourth-order valence-electron chi connectivity index (χ4n) is 1.86. The summed E-state index contributed by atoms with van der Waals surface area (Å²) in [6.45, 7) is 4.18. The number of rotatable bonds is 5. The van der Waals surface area contributed by atoms with E-state index in [-0.39, 0.29) is 17.6 Å². The maximum atomic E-state index is 13.8. The van der Waals surface area contributed by atoms with Crippen LogP contribution in [0.25, 0.3) is 11.3 Å². The highest BCUT2D eigenvalue weighted by molar-refractivity contribution is 5.59. The number of nitrogens with one attached hydrogen (secondary N) is 1. The molecule has 0 amide bonds. The standard InChI is InChI=1S/C14H18FN3O/c1-3-19-13-5-4-10(7-11(13)15)12-8-17-14(18-12)6-9(2)16/h4-5,7-9H,3,6,16H2,1-2H3,(H,17,18). The van der Waals surface area contributed by atoms with Gasteiger partial charge in [0.15, 0.2) is 11.6 Å². The maximum absolute atomic E-state index is 13.8. The van der Waals surface area contributed by atoms with E-state index in [9.17, 15) is 4.39 Å². The molecular formula is C14H18FN3O. The van der Waals surface area contributed by atoms with Crippen molar-refractivity contribution in [3.63, 3.8) is 0 Å². The third-order valence-electron chi connectivity index (χ3n) is 2.69. The number of aromatic nitrogens is 2. The molecule has 0 aliphatic carbocycles. The molecule has 1 aromatic carbocycles. The van der Waals surface area contributed by atoms with Gasteiger partial charge in [0.25, 0.3) is 0 Å². The van der Waals surface area contributed by atoms with E-state index in [2.05, 4.69) is 9.97 Å². The van der Waals surface area contributed by atoms with Gasteiger partial charge in [0.1, 0.15) is 5.82 Å². The van der Waals surface area contributed by atoms with E-state index in [1.807, 2.05) is 13.8 Å². The maximum Gasteiger partial charge on any atom is 0.165 e. The summed E-state index contributed by atoms with van der Waals surface area (Å²) in [5.41, 5.74) is 7.23. The first-order chi connectivity index (χ1) is 9.10. The van der Waals surface area contributed by atoms with Crippen molar-refractivity contribution in [2.45, 2.75) is 26.3 Å². The minimum absolute atomic E-state index is 0.0380. The highest BCUT2D eigenvalue weighted by Crippen LogP contribution is 2.24. The Labute approximate surface area is 111 Å². The fourth-order valence-corrected chi connectivity index (χ4v) is 1.86. The van der Waals surface area contributed by atoms with Crippen LogP contribution in [0.4, 0.5) is 4.39 Å². The molecule has 1 heterocycles. The first-order valence-corrected chi connectivity index (χ1v) is 6.32. The molecule has 5 heteroatoms. The lowest BCUT2D eigenvalue weighted by Gasteiger charge is -2.05. The number of benzene rings is 1. The molecule has 0 saturated heterocycles. The van der Waals surface area contributed by atoms with Gasteiger partial charge in [0, 0.05) is 18.0 Å². The molecule has 0 fully saturated rings. The molecule has 1 unspecified atom stereocenters. The summed E-state index contributed by atoms with van der Waals surface area (Å²) in [6.07, 6.45) is 2.35. The van der Waals surface area contributed by atoms with Crippen LogP contribution in [-0.4, -0.2) is 22.6 Å². The Bertz CT molecular complexity index is 551. The van der Waals surface area contributed by atoms with Gasteiger partial charge in [-0.15, -0.1) is 0 Å². The van der Waals surface area contributed by atoms with Gasteiger partial charge in [-0.25, -0.2) is 9.37 Å². The summed E-state index contributed by atoms with van der Waals surface area (Å²) in [5, 5.41) is 0. The molecule has 1 atom stereocenters. The summed E-state index contributed by atoms with van der Waals surface area (Å²) in [4.78, 5) is 7.37. The average molecular weight is 263 g/mol. The van der Waals surface area contributed by atoms with Gasteiger partial charge >= 0.3 is 0 Å². The van der Waals surface area contributed by atoms with Crippen LogP contribution in [0.5, 0.6) is 5.75 Å². The van der Waals surface area contributed by atoms with Crippen LogP contribution < -0.4 is 10.5 Å². The van der Waals surface area contributed by atoms with Crippen molar-refractivity contribution >= 4 is 0 Å². The van der Waals surface area contributed by atoms with Gasteiger partial charge in [-0.3, -0.25) is 0 Å². The van der Waals surface area contributed by atoms with E-state index in [4.69, 9.17) is 10.5 Å². The number of imidazole rings is 1. The summed E-state index contributed by atoms with van der Waals surface area (Å²) < 4.78 is 18.9. The molecule has 0 aliphatic heterocycles. The molecule has 1 aromatic heterocycles. The molecule has 102 valence electrons. The van der Waals surface area contributed by atoms with E-state index >= 15 is 0 Å². The Balaban J connectivity index is 2.22. The summed E-state index contributed by atoms with van der Waals surface area (Å²) in [5.74, 6) is 0.698. The van der Waals surface area contributed by atoms with Crippen LogP contribution in [0.1, 0.15) is 19.7 Å². The Hall–Kier alpha value is -1.88. The summed E-state index contributed by atoms with van der Waals surface area (Å²) in [6, 6.07) is 4.90. The van der Waals surface area contributed by atoms with Crippen molar-refractivity contribution in [3.05, 3.63) is 36.0 Å². The lowest BCUT2D eigenvalue weighted by Crippen LogP contribution is -2.18. The summed E-state index contributed by atoms with van der Waals surface area (Å²) in [7, 11) is 0. The number of H-pyrrole nitrogens is 1. The minimum Gasteiger partial charge on any atom is -0.491 e. The van der Waals surface area contributed by atoms with Crippen molar-refractivity contribution in [1.82, 2.24) is 9.97 Å². The number of aromatic amines is 1. The second-order valence-electron chi connectivity index (χ2n) is 4.50. The van der Waals surface area contributed by atoms with Gasteiger partial charge in [-0.1, -0.05) is 0 Å². The quantitative estimate of drug-likeness (QED) is 0.871. The fraction of sp³-hybridized carbons (Fsp3) is 0.357. The number of ether oxygens (including phenoxy) is 1. The lowest BCUT2D eigenvalue weighted by molar-refractivity contribution is 0.321. The zero-order valence-corrected chi connectivity index (χ0v) is 11.1. The van der Waals surface area contributed by atoms with Gasteiger partial charge in [-0.05, 0) is 32.0 Å². The van der Waals surface area contributed by atoms with E-state index < -0.39 is 0 Å². The van der Waals surface area contributed by atoms with Gasteiger partial charge in [-0.2, -0.15) is 0 Å². The van der Waals surface area contributed by atoms with E-state index in [0.29, 0.717) is 13.0 Å². The van der Waals surface area contributed by atoms with Crippen LogP contribution in [0.15, 0.2) is 24.4 Å². The van der Waals surface area contributed by atoms with Crippen molar-refractivity contribution in [3.8, 4) is 17.0 Å². The number of hydrogen-bond donors (Lipinski definition) is 2. The second kappa shape index (κ2) is 5.84. The molecule has 19 heavy (non-hydrogen) atoms. The Kier molecular flexibility index (Phi) is 4.16. The lowest BCUT2D eigenvalue weighted by atomic mass is 10.1. The number of halogens is 1. The first kappa shape index (κ1) is 13.5. The number of hydrogen-bond acceptors (Lipinski definition) is 3. The smallest absolute Gasteiger partial charge is 0.165 e. The third kappa shape index (κ3) is 3.32. The zero-order chi connectivity index (χ0) is 13.8. The third-order valence-corrected chi connectivity index (χ3v) is 2.69. The monoisotopic (exact) mass is 263 g/mol. The van der Waals surface area contributed by atoms with Crippen LogP contribution in [0.3, 0.4) is 0 Å². The van der Waals surface area contributed by atoms with Crippen molar-refractivity contribution in [2.75, 3.05) is 6.61 Å². The molecule has 2 aromatic rings. The average Bonchev–Trinajstić information content (AvgIpc) is 2.79. The van der Waals surface area contributed by atoms with Crippen LogP contribution in [0.2, 0.25) is 0 Å². The van der Waals surface area contributed by atoms with Crippen LogP contribution in [0, 0.1) is 5.82 Å². The highest BCUT2D eigenvalue weighted by atomic mass is 19.1. The number of nitrogens with zero attached hydrogens (tertiary/aromatic N) is 1. The predicted octanol–water partition coefficient (Wildman–Crippen LogP) is 2.50. The molecule has 4 nitrogen and oxygen atoms in total. The van der Waals surface area contributed by atoms with Crippen molar-refractivity contribution < 1.29 is 9.13 Å². The van der Waals surface area contributed by atoms with E-state index in [0.717, 1.165) is 17.1 Å². The van der Waals surface area contributed by atoms with Crippen molar-refractivity contribution in [2.24, 2.45) is 5.73 Å². The largest absolute Gasteiger partial charge is 0.491 e. The molecule has 0 spiro atoms. The van der Waals surface area contributed by atoms with Gasteiger partial charge in [0.2, 0.25) is 0 Å². The molecule has 2 rings (SSSR count). The molecule has 0 aliphatic rings. The molecule has 3 N–H and O–H groups in total. The van der Waals surface area contributed by atoms with Gasteiger partial charge < -0.3 is 15.5 Å². The highest BCUT2D eigenvalue weighted by Gasteiger charge is 2.09. The number of nitrogens with two attached hydrogens (primary N) is 1. The Morgan fingerprint density at radius 3 is 2.89 bits per heavy atom. The molecule has 0 bridgehead atoms. The molecular weight excluding hydrogens is 245 g/mol. The first-order valence-electron chi connectivity index (χ1n) is 6.32. The topological polar surface area (TPSA) is 63.9 Å². The molecule has 0 radical (unpaired) electrons. The molecule has 0 saturated carbocycles. The normalized spacial score (nSPS) is 12.4. The van der Waals surface area contributed by atoms with Gasteiger partial charge in [0.05, 0.1) is 18.5 Å². The SMILES string of the molecule is CCOc1ccc(-c2cnc(CC(C)N)[nH]2)cc1F. The Morgan fingerprint density at radius 1 is 1.47 bits per heavy atom. The zero-order valence-electron chi connectivity index (χ0n) is 11.1. The predicted molar refractivity (Wildman–Crippen MR) is 72.5 cm³/mol. The van der Waals surface area contributed by atoms with E-state index in [1.165, 1.54) is 6.07 Å². The minimum atomic E-state index is -0.373. The second-order valence-corrected chi connectivity index (χ2v) is 4.50. The van der Waals surface area contributed by atoms with Crippen LogP contribution in [-0.2, 0) is 6.42 Å². The Morgan fingerprint density at radius 2 is 2.26 bits per heavy atom. The van der Waals surface area contributed by atoms with Crippen molar-refractivity contribution in [1.29, 1.82) is 0 Å². The van der Waals surface area contributed by atoms with Crippen LogP contribution >= 0.6 is 0 Å².